The Morgan fingerprint density at radius 2 is 0.961 bits per heavy atom. The van der Waals surface area contributed by atoms with Gasteiger partial charge in [-0.25, -0.2) is 0 Å². The molecule has 6 heteroatoms. The Kier molecular flexibility index (Phi) is 38.7. The number of ether oxygens (including phenoxy) is 1. The second-order valence-corrected chi connectivity index (χ2v) is 15.5. The van der Waals surface area contributed by atoms with Gasteiger partial charge in [0, 0.05) is 6.42 Å². The maximum absolute atomic E-state index is 13.1. The molecule has 1 amide bonds. The van der Waals surface area contributed by atoms with Gasteiger partial charge in [0.25, 0.3) is 0 Å². The SMILES string of the molecule is CCCC/C=C\CCCCCCCC(=O)OC(CCCCCCCCCCCCC)CC(=O)NC(CO)C(O)CCCCCCCCCCCC. The van der Waals surface area contributed by atoms with E-state index in [1.807, 2.05) is 0 Å². The Labute approximate surface area is 317 Å². The Morgan fingerprint density at radius 1 is 0.549 bits per heavy atom. The molecule has 3 atom stereocenters. The first-order valence-electron chi connectivity index (χ1n) is 22.4. The Balaban J connectivity index is 4.58. The number of aliphatic hydroxyl groups excluding tert-OH is 2. The molecule has 302 valence electrons. The second kappa shape index (κ2) is 39.8. The number of amides is 1. The van der Waals surface area contributed by atoms with Gasteiger partial charge in [-0.1, -0.05) is 193 Å². The van der Waals surface area contributed by atoms with Gasteiger partial charge in [0.05, 0.1) is 25.2 Å². The first kappa shape index (κ1) is 49.6. The number of hydrogen-bond acceptors (Lipinski definition) is 5. The summed E-state index contributed by atoms with van der Waals surface area (Å²) in [4.78, 5) is 25.9. The third-order valence-corrected chi connectivity index (χ3v) is 10.3. The zero-order chi connectivity index (χ0) is 37.5. The van der Waals surface area contributed by atoms with Crippen LogP contribution in [0.1, 0.15) is 239 Å². The summed E-state index contributed by atoms with van der Waals surface area (Å²) >= 11 is 0. The Hall–Kier alpha value is -1.40. The molecule has 0 aromatic rings. The molecule has 0 aromatic carbocycles. The van der Waals surface area contributed by atoms with Gasteiger partial charge < -0.3 is 20.3 Å². The molecule has 0 bridgehead atoms. The molecule has 51 heavy (non-hydrogen) atoms. The number of carbonyl (C=O) groups is 2. The van der Waals surface area contributed by atoms with Gasteiger partial charge in [0.2, 0.25) is 5.91 Å². The average Bonchev–Trinajstić information content (AvgIpc) is 3.12. The van der Waals surface area contributed by atoms with E-state index in [0.29, 0.717) is 19.3 Å². The van der Waals surface area contributed by atoms with Gasteiger partial charge in [-0.15, -0.1) is 0 Å². The molecule has 0 aromatic heterocycles. The zero-order valence-electron chi connectivity index (χ0n) is 34.3. The Morgan fingerprint density at radius 3 is 1.45 bits per heavy atom. The number of aliphatic hydroxyl groups is 2. The summed E-state index contributed by atoms with van der Waals surface area (Å²) < 4.78 is 5.89. The third kappa shape index (κ3) is 35.4. The number of allylic oxidation sites excluding steroid dienone is 2. The second-order valence-electron chi connectivity index (χ2n) is 15.5. The largest absolute Gasteiger partial charge is 0.462 e. The van der Waals surface area contributed by atoms with Crippen molar-refractivity contribution in [3.8, 4) is 0 Å². The van der Waals surface area contributed by atoms with Crippen LogP contribution in [-0.2, 0) is 14.3 Å². The van der Waals surface area contributed by atoms with Crippen LogP contribution in [0.5, 0.6) is 0 Å². The summed E-state index contributed by atoms with van der Waals surface area (Å²) in [5.41, 5.74) is 0. The summed E-state index contributed by atoms with van der Waals surface area (Å²) in [6.07, 6.45) is 41.2. The van der Waals surface area contributed by atoms with E-state index in [4.69, 9.17) is 4.74 Å². The van der Waals surface area contributed by atoms with E-state index in [0.717, 1.165) is 51.4 Å². The molecule has 0 aliphatic heterocycles. The molecular weight excluding hydrogens is 634 g/mol. The lowest BCUT2D eigenvalue weighted by Crippen LogP contribution is -2.46. The molecule has 0 aliphatic rings. The van der Waals surface area contributed by atoms with E-state index in [9.17, 15) is 19.8 Å². The summed E-state index contributed by atoms with van der Waals surface area (Å²) in [7, 11) is 0. The highest BCUT2D eigenvalue weighted by molar-refractivity contribution is 5.77. The highest BCUT2D eigenvalue weighted by atomic mass is 16.5. The Bertz CT molecular complexity index is 772. The van der Waals surface area contributed by atoms with E-state index >= 15 is 0 Å². The van der Waals surface area contributed by atoms with Crippen molar-refractivity contribution in [2.24, 2.45) is 0 Å². The van der Waals surface area contributed by atoms with E-state index in [1.54, 1.807) is 0 Å². The summed E-state index contributed by atoms with van der Waals surface area (Å²) in [5.74, 6) is -0.477. The third-order valence-electron chi connectivity index (χ3n) is 10.3. The van der Waals surface area contributed by atoms with Gasteiger partial charge in [0.15, 0.2) is 0 Å². The highest BCUT2D eigenvalue weighted by Crippen LogP contribution is 2.18. The lowest BCUT2D eigenvalue weighted by molar-refractivity contribution is -0.151. The van der Waals surface area contributed by atoms with Crippen LogP contribution < -0.4 is 5.32 Å². The van der Waals surface area contributed by atoms with Crippen molar-refractivity contribution in [2.75, 3.05) is 6.61 Å². The van der Waals surface area contributed by atoms with Crippen LogP contribution in [0.2, 0.25) is 0 Å². The number of hydrogen-bond donors (Lipinski definition) is 3. The van der Waals surface area contributed by atoms with Crippen molar-refractivity contribution >= 4 is 11.9 Å². The first-order valence-corrected chi connectivity index (χ1v) is 22.4. The number of esters is 1. The molecule has 0 spiro atoms. The van der Waals surface area contributed by atoms with Gasteiger partial charge in [-0.3, -0.25) is 9.59 Å². The van der Waals surface area contributed by atoms with Crippen LogP contribution in [0.4, 0.5) is 0 Å². The topological polar surface area (TPSA) is 95.9 Å². The van der Waals surface area contributed by atoms with Crippen LogP contribution in [0.25, 0.3) is 0 Å². The normalized spacial score (nSPS) is 13.4. The highest BCUT2D eigenvalue weighted by Gasteiger charge is 2.24. The smallest absolute Gasteiger partial charge is 0.306 e. The monoisotopic (exact) mass is 722 g/mol. The first-order chi connectivity index (χ1) is 25.0. The van der Waals surface area contributed by atoms with Crippen molar-refractivity contribution in [1.82, 2.24) is 5.32 Å². The van der Waals surface area contributed by atoms with Crippen molar-refractivity contribution in [3.05, 3.63) is 12.2 Å². The van der Waals surface area contributed by atoms with Crippen molar-refractivity contribution in [1.29, 1.82) is 0 Å². The maximum atomic E-state index is 13.1. The molecule has 3 N–H and O–H groups in total. The van der Waals surface area contributed by atoms with Crippen LogP contribution in [0, 0.1) is 0 Å². The minimum Gasteiger partial charge on any atom is -0.462 e. The fourth-order valence-electron chi connectivity index (χ4n) is 6.88. The van der Waals surface area contributed by atoms with E-state index in [-0.39, 0.29) is 24.9 Å². The van der Waals surface area contributed by atoms with Gasteiger partial charge in [0.1, 0.15) is 6.10 Å². The number of nitrogens with one attached hydrogen (secondary N) is 1. The minimum absolute atomic E-state index is 0.0801. The van der Waals surface area contributed by atoms with Crippen LogP contribution in [0.15, 0.2) is 12.2 Å². The number of rotatable bonds is 40. The van der Waals surface area contributed by atoms with Crippen molar-refractivity contribution in [3.63, 3.8) is 0 Å². The molecular formula is C45H87NO5. The van der Waals surface area contributed by atoms with E-state index in [2.05, 4.69) is 38.2 Å². The van der Waals surface area contributed by atoms with Gasteiger partial charge in [-0.2, -0.15) is 0 Å². The molecule has 0 rings (SSSR count). The molecule has 6 nitrogen and oxygen atoms in total. The molecule has 0 saturated heterocycles. The van der Waals surface area contributed by atoms with Crippen LogP contribution in [-0.4, -0.2) is 46.9 Å². The fraction of sp³-hybridized carbons (Fsp3) is 0.911. The average molecular weight is 722 g/mol. The number of carbonyl (C=O) groups excluding carboxylic acids is 2. The van der Waals surface area contributed by atoms with Gasteiger partial charge >= 0.3 is 5.97 Å². The van der Waals surface area contributed by atoms with Crippen LogP contribution >= 0.6 is 0 Å². The molecule has 0 fully saturated rings. The summed E-state index contributed by atoms with van der Waals surface area (Å²) in [6, 6.07) is -0.693. The lowest BCUT2D eigenvalue weighted by Gasteiger charge is -2.24. The van der Waals surface area contributed by atoms with Crippen molar-refractivity contribution in [2.45, 2.75) is 257 Å². The standard InChI is InChI=1S/C45H87NO5/c1-4-7-10-13-16-19-22-24-27-30-33-36-41(51-45(50)38-35-32-29-26-23-20-17-14-11-8-5-2)39-44(49)46-42(40-47)43(48)37-34-31-28-25-21-18-15-12-9-6-3/h14,17,41-43,47-48H,4-13,15-16,18-40H2,1-3H3,(H,46,49)/b17-14-. The zero-order valence-corrected chi connectivity index (χ0v) is 34.3. The molecule has 0 radical (unpaired) electrons. The maximum Gasteiger partial charge on any atom is 0.306 e. The predicted molar refractivity (Wildman–Crippen MR) is 218 cm³/mol. The minimum atomic E-state index is -0.780. The molecule has 0 aliphatic carbocycles. The van der Waals surface area contributed by atoms with Gasteiger partial charge in [-0.05, 0) is 44.9 Å². The fourth-order valence-corrected chi connectivity index (χ4v) is 6.88. The lowest BCUT2D eigenvalue weighted by atomic mass is 10.0. The summed E-state index contributed by atoms with van der Waals surface area (Å²) in [6.45, 7) is 6.42. The van der Waals surface area contributed by atoms with Crippen molar-refractivity contribution < 1.29 is 24.5 Å². The van der Waals surface area contributed by atoms with E-state index < -0.39 is 18.2 Å². The molecule has 0 saturated carbocycles. The number of unbranched alkanes of at least 4 members (excludes halogenated alkanes) is 26. The molecule has 3 unspecified atom stereocenters. The molecule has 0 heterocycles. The summed E-state index contributed by atoms with van der Waals surface area (Å²) in [5, 5.41) is 23.6. The van der Waals surface area contributed by atoms with E-state index in [1.165, 1.54) is 141 Å². The predicted octanol–water partition coefficient (Wildman–Crippen LogP) is 12.6. The quantitative estimate of drug-likeness (QED) is 0.0332. The van der Waals surface area contributed by atoms with Crippen LogP contribution in [0.3, 0.4) is 0 Å².